The van der Waals surface area contributed by atoms with Crippen molar-refractivity contribution in [2.75, 3.05) is 26.8 Å². The van der Waals surface area contributed by atoms with Gasteiger partial charge in [0, 0.05) is 12.1 Å². The number of carbonyl (C=O) groups is 1. The van der Waals surface area contributed by atoms with Gasteiger partial charge in [-0.1, -0.05) is 12.1 Å². The molecule has 0 saturated carbocycles. The quantitative estimate of drug-likeness (QED) is 0.919. The Labute approximate surface area is 141 Å². The minimum Gasteiger partial charge on any atom is -0.496 e. The fourth-order valence-corrected chi connectivity index (χ4v) is 2.63. The number of para-hydroxylation sites is 1. The molecular weight excluding hydrogens is 339 g/mol. The second kappa shape index (κ2) is 6.75. The number of alkyl halides is 3. The van der Waals surface area contributed by atoms with Crippen LogP contribution in [0.4, 0.5) is 13.2 Å². The summed E-state index contributed by atoms with van der Waals surface area (Å²) in [5.74, 6) is 0.0303. The van der Waals surface area contributed by atoms with Gasteiger partial charge in [0.25, 0.3) is 5.91 Å². The van der Waals surface area contributed by atoms with Crippen LogP contribution in [0.1, 0.15) is 10.5 Å². The summed E-state index contributed by atoms with van der Waals surface area (Å²) in [6.45, 7) is -0.608. The summed E-state index contributed by atoms with van der Waals surface area (Å²) in [6.07, 6.45) is -6.48. The summed E-state index contributed by atoms with van der Waals surface area (Å²) in [5, 5.41) is 6.66. The molecule has 6 nitrogen and oxygen atoms in total. The molecule has 2 heterocycles. The maximum atomic E-state index is 12.8. The van der Waals surface area contributed by atoms with E-state index >= 15 is 0 Å². The van der Waals surface area contributed by atoms with Gasteiger partial charge >= 0.3 is 6.18 Å². The zero-order valence-corrected chi connectivity index (χ0v) is 13.3. The summed E-state index contributed by atoms with van der Waals surface area (Å²) in [5.41, 5.74) is 1.26. The van der Waals surface area contributed by atoms with Crippen molar-refractivity contribution in [3.8, 4) is 17.0 Å². The van der Waals surface area contributed by atoms with Crippen LogP contribution in [0.3, 0.4) is 0 Å². The Morgan fingerprint density at radius 3 is 2.88 bits per heavy atom. The van der Waals surface area contributed by atoms with Gasteiger partial charge < -0.3 is 14.4 Å². The van der Waals surface area contributed by atoms with Gasteiger partial charge in [0.1, 0.15) is 11.4 Å². The molecule has 1 N–H and O–H groups in total. The normalized spacial score (nSPS) is 18.2. The van der Waals surface area contributed by atoms with E-state index in [1.54, 1.807) is 24.3 Å². The highest BCUT2D eigenvalue weighted by Gasteiger charge is 2.44. The van der Waals surface area contributed by atoms with Crippen LogP contribution in [0.25, 0.3) is 11.3 Å². The Bertz CT molecular complexity index is 760. The van der Waals surface area contributed by atoms with Crippen molar-refractivity contribution in [1.29, 1.82) is 0 Å². The van der Waals surface area contributed by atoms with E-state index in [4.69, 9.17) is 9.47 Å². The Morgan fingerprint density at radius 2 is 2.16 bits per heavy atom. The van der Waals surface area contributed by atoms with Crippen LogP contribution in [-0.2, 0) is 4.74 Å². The van der Waals surface area contributed by atoms with E-state index in [1.165, 1.54) is 13.2 Å². The lowest BCUT2D eigenvalue weighted by atomic mass is 10.1. The monoisotopic (exact) mass is 355 g/mol. The highest BCUT2D eigenvalue weighted by atomic mass is 19.4. The first-order valence-electron chi connectivity index (χ1n) is 7.56. The van der Waals surface area contributed by atoms with Crippen LogP contribution in [-0.4, -0.2) is 60.1 Å². The standard InChI is InChI=1S/C16H16F3N3O3/c1-24-13-5-3-2-4-10(13)11-8-12(21-20-11)15(23)22-6-7-25-14(9-22)16(17,18)19/h2-5,8,14H,6-7,9H2,1H3,(H,20,21). The number of hydrogen-bond donors (Lipinski definition) is 1. The number of halogens is 3. The number of aromatic amines is 1. The average molecular weight is 355 g/mol. The zero-order valence-electron chi connectivity index (χ0n) is 13.3. The molecule has 9 heteroatoms. The molecule has 1 amide bonds. The first-order chi connectivity index (χ1) is 11.9. The number of nitrogens with zero attached hydrogens (tertiary/aromatic N) is 2. The Morgan fingerprint density at radius 1 is 1.40 bits per heavy atom. The maximum absolute atomic E-state index is 12.8. The highest BCUT2D eigenvalue weighted by molar-refractivity contribution is 5.93. The molecule has 1 aromatic heterocycles. The van der Waals surface area contributed by atoms with Gasteiger partial charge in [0.15, 0.2) is 6.10 Å². The van der Waals surface area contributed by atoms with E-state index in [1.807, 2.05) is 0 Å². The molecule has 2 aromatic rings. The van der Waals surface area contributed by atoms with Gasteiger partial charge in [0.05, 0.1) is 26.0 Å². The van der Waals surface area contributed by atoms with E-state index < -0.39 is 24.7 Å². The van der Waals surface area contributed by atoms with Crippen molar-refractivity contribution in [2.45, 2.75) is 12.3 Å². The number of methoxy groups -OCH3 is 1. The molecule has 0 radical (unpaired) electrons. The van der Waals surface area contributed by atoms with Crippen LogP contribution < -0.4 is 4.74 Å². The molecule has 0 aliphatic carbocycles. The minimum atomic E-state index is -4.50. The number of aromatic nitrogens is 2. The van der Waals surface area contributed by atoms with Crippen molar-refractivity contribution >= 4 is 5.91 Å². The summed E-state index contributed by atoms with van der Waals surface area (Å²) in [4.78, 5) is 13.6. The third kappa shape index (κ3) is 3.60. The van der Waals surface area contributed by atoms with Gasteiger partial charge in [-0.3, -0.25) is 9.89 Å². The van der Waals surface area contributed by atoms with Crippen molar-refractivity contribution in [3.63, 3.8) is 0 Å². The smallest absolute Gasteiger partial charge is 0.416 e. The Balaban J connectivity index is 1.79. The molecule has 1 aliphatic heterocycles. The molecule has 1 atom stereocenters. The van der Waals surface area contributed by atoms with Gasteiger partial charge in [-0.05, 0) is 18.2 Å². The summed E-state index contributed by atoms with van der Waals surface area (Å²) in [6, 6.07) is 8.62. The molecule has 134 valence electrons. The predicted molar refractivity (Wildman–Crippen MR) is 82.3 cm³/mol. The molecule has 1 saturated heterocycles. The molecule has 1 fully saturated rings. The average Bonchev–Trinajstić information content (AvgIpc) is 3.10. The van der Waals surface area contributed by atoms with Gasteiger partial charge in [-0.25, -0.2) is 0 Å². The predicted octanol–water partition coefficient (Wildman–Crippen LogP) is 2.49. The number of hydrogen-bond acceptors (Lipinski definition) is 4. The fraction of sp³-hybridized carbons (Fsp3) is 0.375. The van der Waals surface area contributed by atoms with E-state index in [0.717, 1.165) is 4.90 Å². The molecular formula is C16H16F3N3O3. The summed E-state index contributed by atoms with van der Waals surface area (Å²) < 4.78 is 48.3. The molecule has 1 aromatic carbocycles. The first kappa shape index (κ1) is 17.3. The number of nitrogens with one attached hydrogen (secondary N) is 1. The van der Waals surface area contributed by atoms with Crippen LogP contribution in [0, 0.1) is 0 Å². The number of benzene rings is 1. The second-order valence-electron chi connectivity index (χ2n) is 5.52. The van der Waals surface area contributed by atoms with Crippen LogP contribution in [0.2, 0.25) is 0 Å². The SMILES string of the molecule is COc1ccccc1-c1cc(C(=O)N2CCOC(C(F)(F)F)C2)[nH]n1. The van der Waals surface area contributed by atoms with Crippen molar-refractivity contribution in [2.24, 2.45) is 0 Å². The van der Waals surface area contributed by atoms with E-state index in [2.05, 4.69) is 10.2 Å². The number of H-pyrrole nitrogens is 1. The topological polar surface area (TPSA) is 67.4 Å². The van der Waals surface area contributed by atoms with Crippen molar-refractivity contribution in [3.05, 3.63) is 36.0 Å². The van der Waals surface area contributed by atoms with Crippen LogP contribution >= 0.6 is 0 Å². The number of carbonyl (C=O) groups excluding carboxylic acids is 1. The Hall–Kier alpha value is -2.55. The number of ether oxygens (including phenoxy) is 2. The van der Waals surface area contributed by atoms with E-state index in [0.29, 0.717) is 17.0 Å². The number of rotatable bonds is 3. The Kier molecular flexibility index (Phi) is 4.67. The summed E-state index contributed by atoms with van der Waals surface area (Å²) >= 11 is 0. The lowest BCUT2D eigenvalue weighted by Gasteiger charge is -2.33. The van der Waals surface area contributed by atoms with E-state index in [9.17, 15) is 18.0 Å². The van der Waals surface area contributed by atoms with Crippen molar-refractivity contribution in [1.82, 2.24) is 15.1 Å². The van der Waals surface area contributed by atoms with Crippen molar-refractivity contribution < 1.29 is 27.4 Å². The van der Waals surface area contributed by atoms with Gasteiger partial charge in [0.2, 0.25) is 0 Å². The second-order valence-corrected chi connectivity index (χ2v) is 5.52. The maximum Gasteiger partial charge on any atom is 0.416 e. The van der Waals surface area contributed by atoms with Gasteiger partial charge in [-0.2, -0.15) is 18.3 Å². The fourth-order valence-electron chi connectivity index (χ4n) is 2.63. The molecule has 1 unspecified atom stereocenters. The van der Waals surface area contributed by atoms with Crippen LogP contribution in [0.15, 0.2) is 30.3 Å². The first-order valence-corrected chi connectivity index (χ1v) is 7.56. The zero-order chi connectivity index (χ0) is 18.0. The number of morpholine rings is 1. The van der Waals surface area contributed by atoms with E-state index in [-0.39, 0.29) is 18.8 Å². The summed E-state index contributed by atoms with van der Waals surface area (Å²) in [7, 11) is 1.52. The molecule has 25 heavy (non-hydrogen) atoms. The lowest BCUT2D eigenvalue weighted by Crippen LogP contribution is -2.51. The van der Waals surface area contributed by atoms with Crippen LogP contribution in [0.5, 0.6) is 5.75 Å². The highest BCUT2D eigenvalue weighted by Crippen LogP contribution is 2.29. The largest absolute Gasteiger partial charge is 0.496 e. The molecule has 1 aliphatic rings. The third-order valence-electron chi connectivity index (χ3n) is 3.91. The minimum absolute atomic E-state index is 0.0917. The lowest BCUT2D eigenvalue weighted by molar-refractivity contribution is -0.233. The molecule has 0 bridgehead atoms. The van der Waals surface area contributed by atoms with Gasteiger partial charge in [-0.15, -0.1) is 0 Å². The third-order valence-corrected chi connectivity index (χ3v) is 3.91. The molecule has 0 spiro atoms. The number of amides is 1. The molecule has 3 rings (SSSR count).